The van der Waals surface area contributed by atoms with Gasteiger partial charge in [0.1, 0.15) is 11.8 Å². The summed E-state index contributed by atoms with van der Waals surface area (Å²) in [5.74, 6) is -0.973. The van der Waals surface area contributed by atoms with Gasteiger partial charge in [-0.3, -0.25) is 15.1 Å². The van der Waals surface area contributed by atoms with Crippen LogP contribution >= 0.6 is 31.9 Å². The molecular formula is C14H6BBr2F3N4O2. The van der Waals surface area contributed by atoms with Gasteiger partial charge in [-0.15, -0.1) is 0 Å². The standard InChI is InChI=1S/C14H6BBr2F3N4O2/c16-11-3-1-8-14(13-7(18)5-21-6-10(13)24(25)26)9-2-4-12(17)23(9)15(19,20)22(8)11/h1-6H. The van der Waals surface area contributed by atoms with E-state index >= 15 is 8.63 Å². The second-order valence-corrected chi connectivity index (χ2v) is 7.18. The summed E-state index contributed by atoms with van der Waals surface area (Å²) in [5, 5.41) is 11.4. The van der Waals surface area contributed by atoms with Crippen molar-refractivity contribution >= 4 is 54.7 Å². The summed E-state index contributed by atoms with van der Waals surface area (Å²) in [5.41, 5.74) is -1.08. The smallest absolute Gasteiger partial charge is 0.389 e. The summed E-state index contributed by atoms with van der Waals surface area (Å²) in [7, 11) is 0. The van der Waals surface area contributed by atoms with Crippen molar-refractivity contribution in [3.63, 3.8) is 0 Å². The molecule has 2 aromatic rings. The zero-order valence-corrected chi connectivity index (χ0v) is 15.7. The molecule has 4 heterocycles. The van der Waals surface area contributed by atoms with E-state index in [2.05, 4.69) is 36.8 Å². The number of nitro groups is 1. The number of halogens is 5. The van der Waals surface area contributed by atoms with E-state index < -0.39 is 29.0 Å². The molecule has 0 N–H and O–H groups in total. The SMILES string of the molecule is O=[N+]([O-])c1cncc(F)c1C1=C2C=CC(Br)=[N+]2[B-](F)(F)n2c(Br)ccc21. The van der Waals surface area contributed by atoms with Gasteiger partial charge in [-0.05, 0) is 28.1 Å². The van der Waals surface area contributed by atoms with E-state index in [0.29, 0.717) is 8.96 Å². The Morgan fingerprint density at radius 2 is 1.96 bits per heavy atom. The molecule has 12 heteroatoms. The fraction of sp³-hybridized carbons (Fsp3) is 0. The van der Waals surface area contributed by atoms with Crippen LogP contribution in [0, 0.1) is 15.9 Å². The Kier molecular flexibility index (Phi) is 3.74. The van der Waals surface area contributed by atoms with E-state index in [1.165, 1.54) is 24.3 Å². The number of pyridine rings is 1. The Morgan fingerprint density at radius 3 is 2.65 bits per heavy atom. The third-order valence-electron chi connectivity index (χ3n) is 4.20. The first-order valence-corrected chi connectivity index (χ1v) is 8.75. The maximum Gasteiger partial charge on any atom is 0.738 e. The third-order valence-corrected chi connectivity index (χ3v) is 5.49. The predicted octanol–water partition coefficient (Wildman–Crippen LogP) is 4.06. The lowest BCUT2D eigenvalue weighted by Gasteiger charge is -2.31. The van der Waals surface area contributed by atoms with E-state index in [9.17, 15) is 14.5 Å². The van der Waals surface area contributed by atoms with Gasteiger partial charge in [-0.25, -0.2) is 4.39 Å². The summed E-state index contributed by atoms with van der Waals surface area (Å²) < 4.78 is 46.3. The van der Waals surface area contributed by atoms with Gasteiger partial charge >= 0.3 is 6.97 Å². The van der Waals surface area contributed by atoms with E-state index in [1.807, 2.05) is 0 Å². The molecule has 0 atom stereocenters. The van der Waals surface area contributed by atoms with E-state index in [4.69, 9.17) is 0 Å². The van der Waals surface area contributed by atoms with Crippen LogP contribution in [0.3, 0.4) is 0 Å². The Morgan fingerprint density at radius 1 is 1.23 bits per heavy atom. The van der Waals surface area contributed by atoms with Crippen LogP contribution in [0.5, 0.6) is 0 Å². The van der Waals surface area contributed by atoms with Crippen LogP contribution in [0.1, 0.15) is 11.3 Å². The molecule has 0 aromatic carbocycles. The van der Waals surface area contributed by atoms with Crippen molar-refractivity contribution < 1.29 is 22.4 Å². The Hall–Kier alpha value is -2.21. The summed E-state index contributed by atoms with van der Waals surface area (Å²) in [6, 6.07) is 2.75. The predicted molar refractivity (Wildman–Crippen MR) is 95.7 cm³/mol. The average molecular weight is 490 g/mol. The summed E-state index contributed by atoms with van der Waals surface area (Å²) in [6.45, 7) is -4.29. The number of allylic oxidation sites excluding steroid dienone is 2. The molecule has 2 aliphatic heterocycles. The minimum absolute atomic E-state index is 0.0131. The Labute approximate surface area is 160 Å². The second-order valence-electron chi connectivity index (χ2n) is 5.56. The van der Waals surface area contributed by atoms with E-state index in [1.54, 1.807) is 0 Å². The second kappa shape index (κ2) is 5.65. The summed E-state index contributed by atoms with van der Waals surface area (Å²) in [6.07, 6.45) is 4.46. The lowest BCUT2D eigenvalue weighted by molar-refractivity contribution is -0.385. The zero-order chi connectivity index (χ0) is 18.8. The van der Waals surface area contributed by atoms with Crippen LogP contribution in [0.2, 0.25) is 0 Å². The van der Waals surface area contributed by atoms with Crippen molar-refractivity contribution in [1.29, 1.82) is 0 Å². The zero-order valence-electron chi connectivity index (χ0n) is 12.5. The molecule has 0 amide bonds. The number of fused-ring (bicyclic) bond motifs is 2. The average Bonchev–Trinajstić information content (AvgIpc) is 3.13. The molecule has 0 unspecified atom stereocenters. The molecule has 26 heavy (non-hydrogen) atoms. The summed E-state index contributed by atoms with van der Waals surface area (Å²) in [4.78, 5) is 14.1. The van der Waals surface area contributed by atoms with Crippen molar-refractivity contribution in [2.45, 2.75) is 0 Å². The van der Waals surface area contributed by atoms with Gasteiger partial charge in [0.15, 0.2) is 11.5 Å². The number of rotatable bonds is 2. The van der Waals surface area contributed by atoms with Crippen molar-refractivity contribution in [3.05, 3.63) is 74.2 Å². The van der Waals surface area contributed by atoms with Crippen molar-refractivity contribution in [2.75, 3.05) is 0 Å². The highest BCUT2D eigenvalue weighted by atomic mass is 79.9. The molecule has 0 fully saturated rings. The fourth-order valence-corrected chi connectivity index (χ4v) is 4.34. The Bertz CT molecular complexity index is 1090. The normalized spacial score (nSPS) is 17.6. The van der Waals surface area contributed by atoms with Crippen molar-refractivity contribution in [3.8, 4) is 0 Å². The van der Waals surface area contributed by atoms with Gasteiger partial charge in [0, 0.05) is 33.8 Å². The van der Waals surface area contributed by atoms with E-state index in [-0.39, 0.29) is 26.2 Å². The van der Waals surface area contributed by atoms with Crippen LogP contribution < -0.4 is 0 Å². The third kappa shape index (κ3) is 2.18. The first kappa shape index (κ1) is 17.2. The molecular weight excluding hydrogens is 484 g/mol. The summed E-state index contributed by atoms with van der Waals surface area (Å²) >= 11 is 6.15. The number of aromatic nitrogens is 2. The molecule has 6 nitrogen and oxygen atoms in total. The molecule has 0 bridgehead atoms. The lowest BCUT2D eigenvalue weighted by atomic mass is 9.86. The van der Waals surface area contributed by atoms with Crippen LogP contribution in [0.15, 0.2) is 47.0 Å². The molecule has 132 valence electrons. The van der Waals surface area contributed by atoms with E-state index in [0.717, 1.165) is 12.4 Å². The Balaban J connectivity index is 2.18. The topological polar surface area (TPSA) is 64.0 Å². The maximum atomic E-state index is 15.1. The minimum Gasteiger partial charge on any atom is -0.389 e. The maximum absolute atomic E-state index is 15.1. The highest BCUT2D eigenvalue weighted by Gasteiger charge is 2.55. The van der Waals surface area contributed by atoms with Gasteiger partial charge in [0.05, 0.1) is 21.3 Å². The first-order valence-electron chi connectivity index (χ1n) is 7.17. The molecule has 0 aliphatic carbocycles. The molecule has 4 rings (SSSR count). The van der Waals surface area contributed by atoms with Gasteiger partial charge in [-0.2, -0.15) is 0 Å². The minimum atomic E-state index is -4.29. The number of hydrogen-bond donors (Lipinski definition) is 0. The first-order chi connectivity index (χ1) is 12.2. The molecule has 2 aliphatic rings. The molecule has 0 saturated heterocycles. The molecule has 0 saturated carbocycles. The largest absolute Gasteiger partial charge is 0.738 e. The quantitative estimate of drug-likeness (QED) is 0.363. The van der Waals surface area contributed by atoms with Crippen molar-refractivity contribution in [1.82, 2.24) is 9.46 Å². The highest BCUT2D eigenvalue weighted by Crippen LogP contribution is 2.44. The monoisotopic (exact) mass is 488 g/mol. The van der Waals surface area contributed by atoms with Crippen LogP contribution in [0.4, 0.5) is 18.7 Å². The van der Waals surface area contributed by atoms with Crippen molar-refractivity contribution in [2.24, 2.45) is 0 Å². The molecule has 2 aromatic heterocycles. The number of nitrogens with zero attached hydrogens (tertiary/aromatic N) is 4. The van der Waals surface area contributed by atoms with Crippen LogP contribution in [-0.2, 0) is 0 Å². The number of hydrogen-bond acceptors (Lipinski definition) is 3. The van der Waals surface area contributed by atoms with Gasteiger partial charge in [0.2, 0.25) is 4.62 Å². The van der Waals surface area contributed by atoms with Crippen LogP contribution in [-0.4, -0.2) is 30.5 Å². The highest BCUT2D eigenvalue weighted by molar-refractivity contribution is 9.18. The molecule has 0 radical (unpaired) electrons. The van der Waals surface area contributed by atoms with Gasteiger partial charge in [-0.1, -0.05) is 0 Å². The van der Waals surface area contributed by atoms with Crippen LogP contribution in [0.25, 0.3) is 5.57 Å². The lowest BCUT2D eigenvalue weighted by Crippen LogP contribution is -2.50. The molecule has 0 spiro atoms. The fourth-order valence-electron chi connectivity index (χ4n) is 3.20. The van der Waals surface area contributed by atoms with Gasteiger partial charge in [0.25, 0.3) is 5.69 Å². The van der Waals surface area contributed by atoms with Gasteiger partial charge < -0.3 is 17.6 Å².